The summed E-state index contributed by atoms with van der Waals surface area (Å²) in [6.45, 7) is 0. The third kappa shape index (κ3) is 4.17. The molecule has 25 heavy (non-hydrogen) atoms. The minimum absolute atomic E-state index is 0.129. The lowest BCUT2D eigenvalue weighted by Gasteiger charge is -2.11. The molecule has 0 atom stereocenters. The van der Waals surface area contributed by atoms with Gasteiger partial charge >= 0.3 is 0 Å². The average Bonchev–Trinajstić information content (AvgIpc) is 3.19. The maximum Gasteiger partial charge on any atom is 0.289 e. The quantitative estimate of drug-likeness (QED) is 0.627. The van der Waals surface area contributed by atoms with Gasteiger partial charge in [0.15, 0.2) is 0 Å². The van der Waals surface area contributed by atoms with Gasteiger partial charge in [0, 0.05) is 18.8 Å². The van der Waals surface area contributed by atoms with Crippen molar-refractivity contribution < 1.29 is 13.6 Å². The van der Waals surface area contributed by atoms with E-state index in [0.29, 0.717) is 21.6 Å². The minimum Gasteiger partial charge on any atom is -0.320 e. The van der Waals surface area contributed by atoms with Crippen LogP contribution in [0.5, 0.6) is 0 Å². The van der Waals surface area contributed by atoms with Crippen LogP contribution >= 0.6 is 34.7 Å². The Morgan fingerprint density at radius 3 is 2.88 bits per heavy atom. The molecule has 1 amide bonds. The van der Waals surface area contributed by atoms with Crippen molar-refractivity contribution in [2.75, 3.05) is 5.32 Å². The number of aromatic nitrogens is 3. The Kier molecular flexibility index (Phi) is 5.36. The summed E-state index contributed by atoms with van der Waals surface area (Å²) in [5.74, 6) is -3.08. The largest absolute Gasteiger partial charge is 0.320 e. The summed E-state index contributed by atoms with van der Waals surface area (Å²) in [6.07, 6.45) is 4.87. The van der Waals surface area contributed by atoms with Crippen LogP contribution in [0.2, 0.25) is 5.02 Å². The van der Waals surface area contributed by atoms with Gasteiger partial charge in [0.1, 0.15) is 9.88 Å². The van der Waals surface area contributed by atoms with Crippen molar-refractivity contribution in [3.8, 4) is 10.6 Å². The first-order valence-electron chi connectivity index (χ1n) is 6.93. The first-order chi connectivity index (χ1) is 11.9. The Morgan fingerprint density at radius 1 is 1.40 bits per heavy atom. The van der Waals surface area contributed by atoms with E-state index in [4.69, 9.17) is 11.6 Å². The van der Waals surface area contributed by atoms with Gasteiger partial charge in [-0.1, -0.05) is 29.4 Å². The number of anilines is 1. The second kappa shape index (κ2) is 7.51. The van der Waals surface area contributed by atoms with Crippen molar-refractivity contribution in [2.24, 2.45) is 7.05 Å². The number of thioether (sulfide) groups is 1. The Labute approximate surface area is 155 Å². The van der Waals surface area contributed by atoms with E-state index < -0.39 is 11.7 Å². The molecule has 2 aromatic heterocycles. The molecular formula is C15H11ClF2N4OS2. The second-order valence-corrected chi connectivity index (χ2v) is 7.32. The van der Waals surface area contributed by atoms with E-state index in [2.05, 4.69) is 15.4 Å². The molecule has 1 aromatic carbocycles. The molecule has 0 spiro atoms. The predicted octanol–water partition coefficient (Wildman–Crippen LogP) is 4.76. The highest BCUT2D eigenvalue weighted by Gasteiger charge is 2.18. The number of alkyl halides is 2. The van der Waals surface area contributed by atoms with Crippen LogP contribution in [0.3, 0.4) is 0 Å². The topological polar surface area (TPSA) is 59.8 Å². The minimum atomic E-state index is -2.64. The molecule has 0 radical (unpaired) electrons. The summed E-state index contributed by atoms with van der Waals surface area (Å²) in [7, 11) is 1.78. The summed E-state index contributed by atoms with van der Waals surface area (Å²) < 4.78 is 27.1. The first-order valence-corrected chi connectivity index (χ1v) is 9.01. The zero-order chi connectivity index (χ0) is 18.0. The van der Waals surface area contributed by atoms with Crippen LogP contribution in [0.4, 0.5) is 14.5 Å². The number of benzene rings is 1. The summed E-state index contributed by atoms with van der Waals surface area (Å²) in [5, 5.41) is 7.47. The number of hydrogen-bond acceptors (Lipinski definition) is 5. The van der Waals surface area contributed by atoms with Gasteiger partial charge in [-0.2, -0.15) is 13.9 Å². The fourth-order valence-corrected chi connectivity index (χ4v) is 3.74. The standard InChI is InChI=1S/C15H11ClF2N4OS2/c1-22-7-8(5-20-22)14-19-6-11(24-14)13(23)21-10-4-2-3-9(16)12(10)25-15(17)18/h2-7,15H,1H3,(H,21,23). The third-order valence-electron chi connectivity index (χ3n) is 3.10. The monoisotopic (exact) mass is 400 g/mol. The molecule has 3 rings (SSSR count). The molecular weight excluding hydrogens is 390 g/mol. The van der Waals surface area contributed by atoms with Gasteiger partial charge in [-0.15, -0.1) is 11.3 Å². The molecule has 0 saturated carbocycles. The number of aryl methyl sites for hydroxylation is 1. The fraction of sp³-hybridized carbons (Fsp3) is 0.133. The lowest BCUT2D eigenvalue weighted by molar-refractivity contribution is 0.103. The van der Waals surface area contributed by atoms with Crippen molar-refractivity contribution in [3.63, 3.8) is 0 Å². The highest BCUT2D eigenvalue weighted by molar-refractivity contribution is 7.99. The molecule has 0 aliphatic rings. The summed E-state index contributed by atoms with van der Waals surface area (Å²) in [5.41, 5.74) is 1.03. The molecule has 2 heterocycles. The normalized spacial score (nSPS) is 11.1. The van der Waals surface area contributed by atoms with Gasteiger partial charge < -0.3 is 5.32 Å². The molecule has 10 heteroatoms. The highest BCUT2D eigenvalue weighted by Crippen LogP contribution is 2.38. The van der Waals surface area contributed by atoms with Crippen LogP contribution in [0.1, 0.15) is 9.67 Å². The molecule has 5 nitrogen and oxygen atoms in total. The summed E-state index contributed by atoms with van der Waals surface area (Å²) >= 11 is 7.44. The average molecular weight is 401 g/mol. The number of halogens is 3. The second-order valence-electron chi connectivity index (χ2n) is 4.88. The van der Waals surface area contributed by atoms with Crippen molar-refractivity contribution in [1.82, 2.24) is 14.8 Å². The van der Waals surface area contributed by atoms with Gasteiger partial charge in [0.2, 0.25) is 0 Å². The van der Waals surface area contributed by atoms with Gasteiger partial charge in [-0.3, -0.25) is 9.48 Å². The lowest BCUT2D eigenvalue weighted by Crippen LogP contribution is -2.11. The van der Waals surface area contributed by atoms with E-state index in [-0.39, 0.29) is 15.6 Å². The molecule has 0 unspecified atom stereocenters. The number of hydrogen-bond donors (Lipinski definition) is 1. The third-order valence-corrected chi connectivity index (χ3v) is 5.43. The Balaban J connectivity index is 1.81. The van der Waals surface area contributed by atoms with Crippen LogP contribution in [0.25, 0.3) is 10.6 Å². The summed E-state index contributed by atoms with van der Waals surface area (Å²) in [6, 6.07) is 4.61. The molecule has 0 saturated heterocycles. The number of carbonyl (C=O) groups excluding carboxylic acids is 1. The number of nitrogens with one attached hydrogen (secondary N) is 1. The number of amides is 1. The van der Waals surface area contributed by atoms with Gasteiger partial charge in [-0.25, -0.2) is 4.98 Å². The zero-order valence-corrected chi connectivity index (χ0v) is 15.1. The predicted molar refractivity (Wildman–Crippen MR) is 95.6 cm³/mol. The maximum atomic E-state index is 12.7. The number of rotatable bonds is 5. The van der Waals surface area contributed by atoms with E-state index in [9.17, 15) is 13.6 Å². The molecule has 1 N–H and O–H groups in total. The van der Waals surface area contributed by atoms with Crippen LogP contribution in [-0.4, -0.2) is 26.4 Å². The van der Waals surface area contributed by atoms with Gasteiger partial charge in [0.25, 0.3) is 11.7 Å². The van der Waals surface area contributed by atoms with E-state index in [1.807, 2.05) is 0 Å². The lowest BCUT2D eigenvalue weighted by atomic mass is 10.3. The van der Waals surface area contributed by atoms with Gasteiger partial charge in [-0.05, 0) is 12.1 Å². The molecule has 130 valence electrons. The Bertz CT molecular complexity index is 913. The Morgan fingerprint density at radius 2 is 2.20 bits per heavy atom. The van der Waals surface area contributed by atoms with E-state index in [1.54, 1.807) is 30.2 Å². The Hall–Kier alpha value is -1.97. The van der Waals surface area contributed by atoms with E-state index >= 15 is 0 Å². The number of thiazole rings is 1. The van der Waals surface area contributed by atoms with Crippen molar-refractivity contribution in [3.05, 3.63) is 46.7 Å². The van der Waals surface area contributed by atoms with E-state index in [0.717, 1.165) is 5.56 Å². The summed E-state index contributed by atoms with van der Waals surface area (Å²) in [4.78, 5) is 17.1. The van der Waals surface area contributed by atoms with Crippen LogP contribution in [-0.2, 0) is 7.05 Å². The fourth-order valence-electron chi connectivity index (χ4n) is 2.04. The maximum absolute atomic E-state index is 12.7. The van der Waals surface area contributed by atoms with Gasteiger partial charge in [0.05, 0.1) is 28.0 Å². The van der Waals surface area contributed by atoms with Crippen LogP contribution < -0.4 is 5.32 Å². The molecule has 0 aliphatic carbocycles. The first kappa shape index (κ1) is 17.8. The number of nitrogens with zero attached hydrogens (tertiary/aromatic N) is 3. The van der Waals surface area contributed by atoms with E-state index in [1.165, 1.54) is 29.7 Å². The number of carbonyl (C=O) groups is 1. The van der Waals surface area contributed by atoms with Crippen molar-refractivity contribution >= 4 is 46.3 Å². The van der Waals surface area contributed by atoms with Crippen molar-refractivity contribution in [1.29, 1.82) is 0 Å². The van der Waals surface area contributed by atoms with Crippen LogP contribution in [0.15, 0.2) is 41.7 Å². The molecule has 0 bridgehead atoms. The van der Waals surface area contributed by atoms with Crippen LogP contribution in [0, 0.1) is 0 Å². The highest BCUT2D eigenvalue weighted by atomic mass is 35.5. The van der Waals surface area contributed by atoms with Crippen molar-refractivity contribution in [2.45, 2.75) is 10.7 Å². The zero-order valence-electron chi connectivity index (χ0n) is 12.7. The molecule has 0 aliphatic heterocycles. The molecule has 3 aromatic rings. The smallest absolute Gasteiger partial charge is 0.289 e. The SMILES string of the molecule is Cn1cc(-c2ncc(C(=O)Nc3cccc(Cl)c3SC(F)F)s2)cn1. The molecule has 0 fully saturated rings.